The van der Waals surface area contributed by atoms with Gasteiger partial charge in [0.25, 0.3) is 5.89 Å². The number of benzene rings is 1. The second-order valence-corrected chi connectivity index (χ2v) is 5.72. The van der Waals surface area contributed by atoms with Gasteiger partial charge >= 0.3 is 0 Å². The van der Waals surface area contributed by atoms with E-state index in [1.807, 2.05) is 0 Å². The number of anilines is 1. The van der Waals surface area contributed by atoms with Gasteiger partial charge in [0.15, 0.2) is 11.6 Å². The minimum absolute atomic E-state index is 0.0210. The van der Waals surface area contributed by atoms with Crippen LogP contribution in [0.2, 0.25) is 0 Å². The molecule has 0 amide bonds. The van der Waals surface area contributed by atoms with Crippen molar-refractivity contribution in [3.63, 3.8) is 0 Å². The molecule has 19 heavy (non-hydrogen) atoms. The Balaban J connectivity index is 2.14. The first-order valence-corrected chi connectivity index (χ1v) is 7.18. The van der Waals surface area contributed by atoms with Crippen LogP contribution in [0.25, 0.3) is 11.5 Å². The fourth-order valence-electron chi connectivity index (χ4n) is 1.49. The summed E-state index contributed by atoms with van der Waals surface area (Å²) in [5.41, 5.74) is 6.40. The minimum atomic E-state index is -0.0210. The Labute approximate surface area is 116 Å². The predicted octanol–water partition coefficient (Wildman–Crippen LogP) is 3.06. The van der Waals surface area contributed by atoms with Crippen molar-refractivity contribution in [3.8, 4) is 17.2 Å². The second kappa shape index (κ2) is 5.97. The molecule has 0 bridgehead atoms. The van der Waals surface area contributed by atoms with Crippen molar-refractivity contribution in [3.05, 3.63) is 24.0 Å². The zero-order valence-electron chi connectivity index (χ0n) is 11.0. The zero-order valence-corrected chi connectivity index (χ0v) is 11.8. The van der Waals surface area contributed by atoms with Crippen LogP contribution in [0.4, 0.5) is 5.69 Å². The molecule has 2 aromatic rings. The van der Waals surface area contributed by atoms with Crippen LogP contribution in [0.5, 0.6) is 5.75 Å². The minimum Gasteiger partial charge on any atom is -0.505 e. The molecule has 1 heterocycles. The summed E-state index contributed by atoms with van der Waals surface area (Å²) < 4.78 is 5.16. The van der Waals surface area contributed by atoms with E-state index in [2.05, 4.69) is 24.0 Å². The van der Waals surface area contributed by atoms with Crippen molar-refractivity contribution in [2.24, 2.45) is 0 Å². The quantitative estimate of drug-likeness (QED) is 0.646. The third kappa shape index (κ3) is 3.20. The van der Waals surface area contributed by atoms with Crippen molar-refractivity contribution < 1.29 is 9.63 Å². The van der Waals surface area contributed by atoms with Crippen molar-refractivity contribution in [1.82, 2.24) is 10.1 Å². The highest BCUT2D eigenvalue weighted by Gasteiger charge is 2.14. The van der Waals surface area contributed by atoms with Gasteiger partial charge in [-0.1, -0.05) is 25.1 Å². The lowest BCUT2D eigenvalue weighted by atomic mass is 10.2. The van der Waals surface area contributed by atoms with E-state index in [9.17, 15) is 5.11 Å². The maximum atomic E-state index is 9.86. The van der Waals surface area contributed by atoms with Crippen LogP contribution in [0, 0.1) is 0 Å². The van der Waals surface area contributed by atoms with E-state index in [4.69, 9.17) is 10.3 Å². The van der Waals surface area contributed by atoms with Crippen LogP contribution in [0.3, 0.4) is 0 Å². The summed E-state index contributed by atoms with van der Waals surface area (Å²) in [5, 5.41) is 14.3. The van der Waals surface area contributed by atoms with E-state index in [1.165, 1.54) is 0 Å². The highest BCUT2D eigenvalue weighted by atomic mass is 32.2. The lowest BCUT2D eigenvalue weighted by Gasteiger charge is -2.04. The van der Waals surface area contributed by atoms with E-state index in [0.717, 1.165) is 6.42 Å². The molecule has 0 radical (unpaired) electrons. The number of nitrogen functional groups attached to an aromatic ring is 1. The molecule has 0 aliphatic heterocycles. The standard InChI is InChI=1S/C13H17N3O2S/c1-3-8(2)19-7-11-15-13(18-16-11)9-5-4-6-10(14)12(9)17/h4-6,8,17H,3,7,14H2,1-2H3. The molecule has 5 nitrogen and oxygen atoms in total. The number of nitrogens with zero attached hydrogens (tertiary/aromatic N) is 2. The Morgan fingerprint density at radius 3 is 3.00 bits per heavy atom. The smallest absolute Gasteiger partial charge is 0.261 e. The topological polar surface area (TPSA) is 85.2 Å². The van der Waals surface area contributed by atoms with Crippen LogP contribution in [0.1, 0.15) is 26.1 Å². The van der Waals surface area contributed by atoms with Gasteiger partial charge in [-0.3, -0.25) is 0 Å². The van der Waals surface area contributed by atoms with Gasteiger partial charge in [-0.25, -0.2) is 0 Å². The number of phenolic OH excluding ortho intramolecular Hbond substituents is 1. The molecule has 1 unspecified atom stereocenters. The van der Waals surface area contributed by atoms with Crippen molar-refractivity contribution >= 4 is 17.4 Å². The van der Waals surface area contributed by atoms with E-state index >= 15 is 0 Å². The summed E-state index contributed by atoms with van der Waals surface area (Å²) in [6.07, 6.45) is 1.10. The molecule has 2 rings (SSSR count). The molecular formula is C13H17N3O2S. The number of aromatic nitrogens is 2. The summed E-state index contributed by atoms with van der Waals surface area (Å²) >= 11 is 1.77. The van der Waals surface area contributed by atoms with Crippen molar-refractivity contribution in [2.75, 3.05) is 5.73 Å². The Morgan fingerprint density at radius 1 is 1.47 bits per heavy atom. The van der Waals surface area contributed by atoms with Crippen molar-refractivity contribution in [2.45, 2.75) is 31.3 Å². The highest BCUT2D eigenvalue weighted by molar-refractivity contribution is 7.99. The molecule has 0 spiro atoms. The van der Waals surface area contributed by atoms with Gasteiger partial charge in [0, 0.05) is 5.25 Å². The molecule has 102 valence electrons. The van der Waals surface area contributed by atoms with Gasteiger partial charge in [-0.15, -0.1) is 0 Å². The van der Waals surface area contributed by atoms with Gasteiger partial charge in [-0.05, 0) is 18.6 Å². The van der Waals surface area contributed by atoms with Crippen LogP contribution < -0.4 is 5.73 Å². The molecule has 0 aliphatic carbocycles. The number of phenols is 1. The Morgan fingerprint density at radius 2 is 2.26 bits per heavy atom. The number of para-hydroxylation sites is 1. The fourth-order valence-corrected chi connectivity index (χ4v) is 2.28. The third-order valence-electron chi connectivity index (χ3n) is 2.84. The molecule has 0 saturated heterocycles. The first-order chi connectivity index (χ1) is 9.11. The summed E-state index contributed by atoms with van der Waals surface area (Å²) in [4.78, 5) is 4.27. The van der Waals surface area contributed by atoms with E-state index in [-0.39, 0.29) is 5.75 Å². The molecule has 6 heteroatoms. The molecule has 1 aromatic carbocycles. The molecule has 1 aromatic heterocycles. The van der Waals surface area contributed by atoms with E-state index < -0.39 is 0 Å². The SMILES string of the molecule is CCC(C)SCc1noc(-c2cccc(N)c2O)n1. The summed E-state index contributed by atoms with van der Waals surface area (Å²) in [7, 11) is 0. The second-order valence-electron chi connectivity index (χ2n) is 4.29. The van der Waals surface area contributed by atoms with Gasteiger partial charge in [0.1, 0.15) is 0 Å². The first-order valence-electron chi connectivity index (χ1n) is 6.13. The molecule has 3 N–H and O–H groups in total. The number of aromatic hydroxyl groups is 1. The molecule has 0 fully saturated rings. The molecule has 1 atom stereocenters. The Hall–Kier alpha value is -1.69. The first kappa shape index (κ1) is 13.7. The Kier molecular flexibility index (Phi) is 4.31. The number of hydrogen-bond acceptors (Lipinski definition) is 6. The summed E-state index contributed by atoms with van der Waals surface area (Å²) in [5.74, 6) is 1.60. The van der Waals surface area contributed by atoms with Crippen LogP contribution >= 0.6 is 11.8 Å². The third-order valence-corrected chi connectivity index (χ3v) is 4.16. The average Bonchev–Trinajstić information content (AvgIpc) is 2.87. The highest BCUT2D eigenvalue weighted by Crippen LogP contribution is 2.32. The van der Waals surface area contributed by atoms with E-state index in [1.54, 1.807) is 30.0 Å². The lowest BCUT2D eigenvalue weighted by Crippen LogP contribution is -1.94. The summed E-state index contributed by atoms with van der Waals surface area (Å²) in [6, 6.07) is 5.06. The monoisotopic (exact) mass is 279 g/mol. The Bertz CT molecular complexity index is 557. The average molecular weight is 279 g/mol. The molecule has 0 saturated carbocycles. The molecular weight excluding hydrogens is 262 g/mol. The normalized spacial score (nSPS) is 12.5. The van der Waals surface area contributed by atoms with Gasteiger partial charge in [0.2, 0.25) is 0 Å². The van der Waals surface area contributed by atoms with Gasteiger partial charge in [0.05, 0.1) is 17.0 Å². The van der Waals surface area contributed by atoms with Gasteiger partial charge in [-0.2, -0.15) is 16.7 Å². The van der Waals surface area contributed by atoms with Crippen molar-refractivity contribution in [1.29, 1.82) is 0 Å². The van der Waals surface area contributed by atoms with Gasteiger partial charge < -0.3 is 15.4 Å². The van der Waals surface area contributed by atoms with E-state index in [0.29, 0.717) is 34.0 Å². The lowest BCUT2D eigenvalue weighted by molar-refractivity contribution is 0.420. The maximum absolute atomic E-state index is 9.86. The largest absolute Gasteiger partial charge is 0.505 e. The van der Waals surface area contributed by atoms with Crippen LogP contribution in [-0.2, 0) is 5.75 Å². The van der Waals surface area contributed by atoms with Crippen LogP contribution in [0.15, 0.2) is 22.7 Å². The number of rotatable bonds is 5. The molecule has 0 aliphatic rings. The predicted molar refractivity (Wildman–Crippen MR) is 76.9 cm³/mol. The maximum Gasteiger partial charge on any atom is 0.261 e. The number of thioether (sulfide) groups is 1. The summed E-state index contributed by atoms with van der Waals surface area (Å²) in [6.45, 7) is 4.31. The number of nitrogens with two attached hydrogens (primary N) is 1. The van der Waals surface area contributed by atoms with Crippen LogP contribution in [-0.4, -0.2) is 20.5 Å². The zero-order chi connectivity index (χ0) is 13.8. The number of hydrogen-bond donors (Lipinski definition) is 2. The fraction of sp³-hybridized carbons (Fsp3) is 0.385.